The largest absolute Gasteiger partial charge is 0.480 e. The van der Waals surface area contributed by atoms with Crippen LogP contribution in [0.25, 0.3) is 0 Å². The minimum Gasteiger partial charge on any atom is -0.480 e. The molecule has 0 bridgehead atoms. The van der Waals surface area contributed by atoms with E-state index in [0.29, 0.717) is 26.1 Å². The Labute approximate surface area is 112 Å². The Morgan fingerprint density at radius 3 is 2.58 bits per heavy atom. The third kappa shape index (κ3) is 7.94. The highest BCUT2D eigenvalue weighted by Crippen LogP contribution is 2.00. The number of carbonyl (C=O) groups excluding carboxylic acids is 1. The first-order valence-corrected chi connectivity index (χ1v) is 6.28. The molecule has 0 saturated carbocycles. The highest BCUT2D eigenvalue weighted by Gasteiger charge is 2.03. The number of carbonyl (C=O) groups is 2. The zero-order valence-electron chi connectivity index (χ0n) is 10.8. The number of carboxylic acid groups (broad SMARTS) is 1. The van der Waals surface area contributed by atoms with Gasteiger partial charge in [-0.15, -0.1) is 0 Å². The van der Waals surface area contributed by atoms with E-state index in [-0.39, 0.29) is 12.5 Å². The summed E-state index contributed by atoms with van der Waals surface area (Å²) in [5.41, 5.74) is 1.22. The third-order valence-corrected chi connectivity index (χ3v) is 2.51. The minimum atomic E-state index is -1.03. The molecule has 1 aromatic rings. The molecule has 5 heteroatoms. The van der Waals surface area contributed by atoms with E-state index in [9.17, 15) is 9.59 Å². The Morgan fingerprint density at radius 2 is 1.89 bits per heavy atom. The predicted octanol–water partition coefficient (Wildman–Crippen LogP) is 1.23. The first kappa shape index (κ1) is 15.2. The van der Waals surface area contributed by atoms with Crippen LogP contribution in [0.15, 0.2) is 30.3 Å². The van der Waals surface area contributed by atoms with Crippen molar-refractivity contribution in [2.24, 2.45) is 0 Å². The molecule has 0 atom stereocenters. The summed E-state index contributed by atoms with van der Waals surface area (Å²) in [4.78, 5) is 21.4. The van der Waals surface area contributed by atoms with Crippen molar-refractivity contribution in [3.05, 3.63) is 35.9 Å². The zero-order valence-corrected chi connectivity index (χ0v) is 10.8. The highest BCUT2D eigenvalue weighted by molar-refractivity contribution is 5.80. The predicted molar refractivity (Wildman–Crippen MR) is 70.8 cm³/mol. The van der Waals surface area contributed by atoms with Crippen molar-refractivity contribution in [2.45, 2.75) is 19.3 Å². The van der Waals surface area contributed by atoms with Gasteiger partial charge in [0.2, 0.25) is 5.91 Å². The third-order valence-electron chi connectivity index (χ3n) is 2.51. The van der Waals surface area contributed by atoms with Crippen LogP contribution in [0.4, 0.5) is 0 Å². The molecule has 0 aliphatic rings. The van der Waals surface area contributed by atoms with Crippen molar-refractivity contribution in [3.63, 3.8) is 0 Å². The second-order valence-corrected chi connectivity index (χ2v) is 4.12. The first-order valence-electron chi connectivity index (χ1n) is 6.28. The van der Waals surface area contributed by atoms with Crippen LogP contribution in [0, 0.1) is 0 Å². The van der Waals surface area contributed by atoms with E-state index in [4.69, 9.17) is 9.84 Å². The molecule has 0 spiro atoms. The molecule has 0 aliphatic carbocycles. The molecule has 0 aromatic heterocycles. The van der Waals surface area contributed by atoms with Gasteiger partial charge in [-0.05, 0) is 18.4 Å². The summed E-state index contributed by atoms with van der Waals surface area (Å²) in [6.45, 7) is 0.807. The van der Waals surface area contributed by atoms with Crippen molar-refractivity contribution >= 4 is 11.9 Å². The minimum absolute atomic E-state index is 0.256. The fourth-order valence-electron chi connectivity index (χ4n) is 1.53. The zero-order chi connectivity index (χ0) is 13.9. The number of aliphatic carboxylic acids is 1. The van der Waals surface area contributed by atoms with Crippen LogP contribution >= 0.6 is 0 Å². The molecule has 2 N–H and O–H groups in total. The van der Waals surface area contributed by atoms with Crippen molar-refractivity contribution in [1.82, 2.24) is 5.32 Å². The summed E-state index contributed by atoms with van der Waals surface area (Å²) in [5, 5.41) is 10.7. The van der Waals surface area contributed by atoms with Gasteiger partial charge in [-0.3, -0.25) is 9.59 Å². The normalized spacial score (nSPS) is 10.1. The van der Waals surface area contributed by atoms with E-state index in [1.807, 2.05) is 30.3 Å². The monoisotopic (exact) mass is 265 g/mol. The molecule has 5 nitrogen and oxygen atoms in total. The lowest BCUT2D eigenvalue weighted by Gasteiger charge is -2.05. The summed E-state index contributed by atoms with van der Waals surface area (Å²) >= 11 is 0. The number of hydrogen-bond donors (Lipinski definition) is 2. The number of carboxylic acids is 1. The van der Waals surface area contributed by atoms with Crippen molar-refractivity contribution in [1.29, 1.82) is 0 Å². The Hall–Kier alpha value is -1.88. The maximum atomic E-state index is 11.2. The van der Waals surface area contributed by atoms with Crippen LogP contribution in [0.5, 0.6) is 0 Å². The van der Waals surface area contributed by atoms with Crippen LogP contribution < -0.4 is 5.32 Å². The molecule has 0 aliphatic heterocycles. The van der Waals surface area contributed by atoms with E-state index < -0.39 is 5.97 Å². The van der Waals surface area contributed by atoms with Crippen LogP contribution in [0.3, 0.4) is 0 Å². The van der Waals surface area contributed by atoms with Gasteiger partial charge in [0, 0.05) is 13.0 Å². The Balaban J connectivity index is 1.96. The van der Waals surface area contributed by atoms with E-state index in [1.165, 1.54) is 5.56 Å². The first-order chi connectivity index (χ1) is 9.18. The molecule has 0 fully saturated rings. The summed E-state index contributed by atoms with van der Waals surface area (Å²) in [5.74, 6) is -1.29. The number of rotatable bonds is 9. The average Bonchev–Trinajstić information content (AvgIpc) is 2.41. The fraction of sp³-hybridized carbons (Fsp3) is 0.429. The van der Waals surface area contributed by atoms with Gasteiger partial charge < -0.3 is 15.2 Å². The van der Waals surface area contributed by atoms with Gasteiger partial charge in [-0.1, -0.05) is 30.3 Å². The molecule has 1 rings (SSSR count). The van der Waals surface area contributed by atoms with Gasteiger partial charge >= 0.3 is 5.97 Å². The van der Waals surface area contributed by atoms with Crippen molar-refractivity contribution < 1.29 is 19.4 Å². The molecular weight excluding hydrogens is 246 g/mol. The maximum Gasteiger partial charge on any atom is 0.322 e. The van der Waals surface area contributed by atoms with E-state index in [0.717, 1.165) is 6.42 Å². The van der Waals surface area contributed by atoms with E-state index in [1.54, 1.807) is 0 Å². The molecule has 0 saturated heterocycles. The lowest BCUT2D eigenvalue weighted by molar-refractivity contribution is -0.138. The van der Waals surface area contributed by atoms with Gasteiger partial charge in [0.05, 0.1) is 6.61 Å². The Morgan fingerprint density at radius 1 is 1.16 bits per heavy atom. The molecule has 0 radical (unpaired) electrons. The summed E-state index contributed by atoms with van der Waals surface area (Å²) < 4.78 is 5.42. The van der Waals surface area contributed by atoms with Gasteiger partial charge in [-0.2, -0.15) is 0 Å². The van der Waals surface area contributed by atoms with Crippen LogP contribution in [-0.4, -0.2) is 36.7 Å². The molecule has 0 unspecified atom stereocenters. The average molecular weight is 265 g/mol. The molecule has 0 heterocycles. The number of benzene rings is 1. The second kappa shape index (κ2) is 9.10. The quantitative estimate of drug-likeness (QED) is 0.658. The second-order valence-electron chi connectivity index (χ2n) is 4.12. The number of ether oxygens (including phenoxy) is 1. The maximum absolute atomic E-state index is 11.2. The molecule has 1 amide bonds. The fourth-order valence-corrected chi connectivity index (χ4v) is 1.53. The van der Waals surface area contributed by atoms with Gasteiger partial charge in [0.25, 0.3) is 0 Å². The summed E-state index contributed by atoms with van der Waals surface area (Å²) in [6.07, 6.45) is 1.74. The molecular formula is C14H19NO4. The lowest BCUT2D eigenvalue weighted by atomic mass is 10.2. The van der Waals surface area contributed by atoms with Crippen molar-refractivity contribution in [3.8, 4) is 0 Å². The van der Waals surface area contributed by atoms with Gasteiger partial charge in [0.1, 0.15) is 6.54 Å². The lowest BCUT2D eigenvalue weighted by Crippen LogP contribution is -2.29. The number of amides is 1. The van der Waals surface area contributed by atoms with Crippen LogP contribution in [0.2, 0.25) is 0 Å². The van der Waals surface area contributed by atoms with Crippen LogP contribution in [0.1, 0.15) is 18.4 Å². The van der Waals surface area contributed by atoms with Crippen molar-refractivity contribution in [2.75, 3.05) is 19.8 Å². The van der Waals surface area contributed by atoms with Gasteiger partial charge in [-0.25, -0.2) is 0 Å². The smallest absolute Gasteiger partial charge is 0.322 e. The molecule has 19 heavy (non-hydrogen) atoms. The molecule has 1 aromatic carbocycles. The Bertz CT molecular complexity index is 392. The van der Waals surface area contributed by atoms with E-state index in [2.05, 4.69) is 5.32 Å². The van der Waals surface area contributed by atoms with Gasteiger partial charge in [0.15, 0.2) is 0 Å². The highest BCUT2D eigenvalue weighted by atomic mass is 16.5. The summed E-state index contributed by atoms with van der Waals surface area (Å²) in [7, 11) is 0. The summed E-state index contributed by atoms with van der Waals surface area (Å²) in [6, 6.07) is 10.0. The van der Waals surface area contributed by atoms with Crippen LogP contribution in [-0.2, 0) is 20.7 Å². The standard InChI is InChI=1S/C14H19NO4/c16-13(15-11-14(17)18)7-4-9-19-10-8-12-5-2-1-3-6-12/h1-3,5-6H,4,7-11H2,(H,15,16)(H,17,18). The Kier molecular flexibility index (Phi) is 7.27. The van der Waals surface area contributed by atoms with E-state index >= 15 is 0 Å². The number of hydrogen-bond acceptors (Lipinski definition) is 3. The molecule has 104 valence electrons. The topological polar surface area (TPSA) is 75.6 Å². The number of nitrogens with one attached hydrogen (secondary N) is 1. The SMILES string of the molecule is O=C(O)CNC(=O)CCCOCCc1ccccc1.